The summed E-state index contributed by atoms with van der Waals surface area (Å²) in [5, 5.41) is 10.7. The molecule has 0 aliphatic heterocycles. The van der Waals surface area contributed by atoms with Crippen molar-refractivity contribution in [1.29, 1.82) is 0 Å². The maximum absolute atomic E-state index is 11.3. The molecule has 0 amide bonds. The van der Waals surface area contributed by atoms with E-state index in [1.165, 1.54) is 7.11 Å². The monoisotopic (exact) mass is 214 g/mol. The predicted molar refractivity (Wildman–Crippen MR) is 58.4 cm³/mol. The van der Waals surface area contributed by atoms with Gasteiger partial charge in [-0.15, -0.1) is 0 Å². The van der Waals surface area contributed by atoms with Gasteiger partial charge in [0, 0.05) is 0 Å². The van der Waals surface area contributed by atoms with E-state index in [9.17, 15) is 9.90 Å². The quantitative estimate of drug-likeness (QED) is 0.716. The number of aliphatic hydroxyl groups is 1. The van der Waals surface area contributed by atoms with Gasteiger partial charge < -0.3 is 9.84 Å². The minimum atomic E-state index is -0.918. The Morgan fingerprint density at radius 1 is 1.53 bits per heavy atom. The molecule has 1 saturated carbocycles. The summed E-state index contributed by atoms with van der Waals surface area (Å²) < 4.78 is 4.66. The molecule has 0 bridgehead atoms. The molecule has 3 nitrogen and oxygen atoms in total. The van der Waals surface area contributed by atoms with Crippen LogP contribution in [0.4, 0.5) is 0 Å². The number of methoxy groups -OCH3 is 1. The number of hydrogen-bond acceptors (Lipinski definition) is 3. The SMILES string of the molecule is COC(=O)C[C@]1(O)[C@H](C)CCCC1(C)C. The molecule has 15 heavy (non-hydrogen) atoms. The van der Waals surface area contributed by atoms with Crippen LogP contribution in [0.15, 0.2) is 0 Å². The largest absolute Gasteiger partial charge is 0.469 e. The molecule has 1 fully saturated rings. The number of rotatable bonds is 2. The number of carbonyl (C=O) groups excluding carboxylic acids is 1. The number of esters is 1. The van der Waals surface area contributed by atoms with Gasteiger partial charge in [-0.1, -0.05) is 27.2 Å². The van der Waals surface area contributed by atoms with Crippen LogP contribution in [-0.4, -0.2) is 23.8 Å². The van der Waals surface area contributed by atoms with Crippen LogP contribution in [0.25, 0.3) is 0 Å². The molecule has 88 valence electrons. The lowest BCUT2D eigenvalue weighted by Crippen LogP contribution is -2.53. The molecular formula is C12H22O3. The normalized spacial score (nSPS) is 34.9. The summed E-state index contributed by atoms with van der Waals surface area (Å²) in [7, 11) is 1.37. The zero-order chi connectivity index (χ0) is 11.7. The van der Waals surface area contributed by atoms with Crippen molar-refractivity contribution >= 4 is 5.97 Å². The van der Waals surface area contributed by atoms with Crippen LogP contribution in [0.1, 0.15) is 46.5 Å². The minimum absolute atomic E-state index is 0.109. The first kappa shape index (κ1) is 12.5. The van der Waals surface area contributed by atoms with Crippen molar-refractivity contribution in [2.45, 2.75) is 52.1 Å². The minimum Gasteiger partial charge on any atom is -0.469 e. The molecule has 0 radical (unpaired) electrons. The maximum atomic E-state index is 11.3. The summed E-state index contributed by atoms with van der Waals surface area (Å²) in [6.45, 7) is 6.08. The van der Waals surface area contributed by atoms with Crippen LogP contribution >= 0.6 is 0 Å². The Balaban J connectivity index is 2.88. The van der Waals surface area contributed by atoms with Crippen molar-refractivity contribution in [1.82, 2.24) is 0 Å². The Hall–Kier alpha value is -0.570. The van der Waals surface area contributed by atoms with E-state index < -0.39 is 5.60 Å². The molecule has 0 unspecified atom stereocenters. The summed E-state index contributed by atoms with van der Waals surface area (Å²) >= 11 is 0. The highest BCUT2D eigenvalue weighted by Gasteiger charge is 2.50. The molecule has 0 heterocycles. The number of carbonyl (C=O) groups is 1. The highest BCUT2D eigenvalue weighted by molar-refractivity contribution is 5.70. The molecular weight excluding hydrogens is 192 g/mol. The van der Waals surface area contributed by atoms with Crippen LogP contribution in [0.2, 0.25) is 0 Å². The standard InChI is InChI=1S/C12H22O3/c1-9-6-5-7-11(2,3)12(9,14)8-10(13)15-4/h9,14H,5-8H2,1-4H3/t9-,12+/m1/s1. The lowest BCUT2D eigenvalue weighted by atomic mass is 9.59. The smallest absolute Gasteiger partial charge is 0.308 e. The van der Waals surface area contributed by atoms with Crippen LogP contribution < -0.4 is 0 Å². The van der Waals surface area contributed by atoms with Crippen LogP contribution in [-0.2, 0) is 9.53 Å². The van der Waals surface area contributed by atoms with Gasteiger partial charge in [0.05, 0.1) is 19.1 Å². The Morgan fingerprint density at radius 3 is 2.60 bits per heavy atom. The van der Waals surface area contributed by atoms with E-state index in [0.29, 0.717) is 0 Å². The lowest BCUT2D eigenvalue weighted by molar-refractivity contribution is -0.168. The summed E-state index contributed by atoms with van der Waals surface area (Å²) in [6.07, 6.45) is 3.18. The summed E-state index contributed by atoms with van der Waals surface area (Å²) in [4.78, 5) is 11.3. The van der Waals surface area contributed by atoms with E-state index >= 15 is 0 Å². The third-order valence-electron chi connectivity index (χ3n) is 4.07. The van der Waals surface area contributed by atoms with Crippen molar-refractivity contribution in [3.8, 4) is 0 Å². The average Bonchev–Trinajstić information content (AvgIpc) is 2.14. The lowest BCUT2D eigenvalue weighted by Gasteiger charge is -2.50. The molecule has 0 saturated heterocycles. The third-order valence-corrected chi connectivity index (χ3v) is 4.07. The zero-order valence-electron chi connectivity index (χ0n) is 10.2. The average molecular weight is 214 g/mol. The molecule has 1 N–H and O–H groups in total. The van der Waals surface area contributed by atoms with Crippen molar-refractivity contribution in [2.75, 3.05) is 7.11 Å². The molecule has 0 aromatic rings. The Kier molecular flexibility index (Phi) is 3.44. The van der Waals surface area contributed by atoms with E-state index in [1.54, 1.807) is 0 Å². The maximum Gasteiger partial charge on any atom is 0.308 e. The Morgan fingerprint density at radius 2 is 2.13 bits per heavy atom. The Bertz CT molecular complexity index is 247. The molecule has 0 aromatic heterocycles. The predicted octanol–water partition coefficient (Wildman–Crippen LogP) is 2.13. The summed E-state index contributed by atoms with van der Waals surface area (Å²) in [6, 6.07) is 0. The molecule has 1 aliphatic rings. The van der Waals surface area contributed by atoms with Gasteiger partial charge >= 0.3 is 5.97 Å². The molecule has 0 aromatic carbocycles. The fraction of sp³-hybridized carbons (Fsp3) is 0.917. The van der Waals surface area contributed by atoms with E-state index in [0.717, 1.165) is 19.3 Å². The van der Waals surface area contributed by atoms with Gasteiger partial charge in [0.25, 0.3) is 0 Å². The van der Waals surface area contributed by atoms with Gasteiger partial charge in [-0.05, 0) is 24.2 Å². The number of ether oxygens (including phenoxy) is 1. The summed E-state index contributed by atoms with van der Waals surface area (Å²) in [5.41, 5.74) is -1.13. The van der Waals surface area contributed by atoms with Crippen LogP contribution in [0, 0.1) is 11.3 Å². The van der Waals surface area contributed by atoms with Crippen LogP contribution in [0.5, 0.6) is 0 Å². The Labute approximate surface area is 91.8 Å². The first-order chi connectivity index (χ1) is 6.83. The van der Waals surface area contributed by atoms with Gasteiger partial charge in [-0.3, -0.25) is 4.79 Å². The van der Waals surface area contributed by atoms with Crippen molar-refractivity contribution in [3.63, 3.8) is 0 Å². The van der Waals surface area contributed by atoms with E-state index in [1.807, 2.05) is 20.8 Å². The highest BCUT2D eigenvalue weighted by atomic mass is 16.5. The first-order valence-electron chi connectivity index (χ1n) is 5.63. The number of hydrogen-bond donors (Lipinski definition) is 1. The fourth-order valence-electron chi connectivity index (χ4n) is 2.68. The van der Waals surface area contributed by atoms with Gasteiger partial charge in [-0.25, -0.2) is 0 Å². The second-order valence-corrected chi connectivity index (χ2v) is 5.35. The molecule has 1 aliphatic carbocycles. The summed E-state index contributed by atoms with van der Waals surface area (Å²) in [5.74, 6) is -0.167. The van der Waals surface area contributed by atoms with Gasteiger partial charge in [0.1, 0.15) is 0 Å². The molecule has 1 rings (SSSR count). The molecule has 0 spiro atoms. The van der Waals surface area contributed by atoms with Gasteiger partial charge in [-0.2, -0.15) is 0 Å². The van der Waals surface area contributed by atoms with Crippen LogP contribution in [0.3, 0.4) is 0 Å². The second kappa shape index (κ2) is 4.12. The fourth-order valence-corrected chi connectivity index (χ4v) is 2.68. The first-order valence-corrected chi connectivity index (χ1v) is 5.63. The van der Waals surface area contributed by atoms with Crippen molar-refractivity contribution in [2.24, 2.45) is 11.3 Å². The van der Waals surface area contributed by atoms with Gasteiger partial charge in [0.15, 0.2) is 0 Å². The zero-order valence-corrected chi connectivity index (χ0v) is 10.2. The van der Waals surface area contributed by atoms with Crippen molar-refractivity contribution < 1.29 is 14.6 Å². The second-order valence-electron chi connectivity index (χ2n) is 5.35. The van der Waals surface area contributed by atoms with Crippen molar-refractivity contribution in [3.05, 3.63) is 0 Å². The topological polar surface area (TPSA) is 46.5 Å². The molecule has 3 heteroatoms. The van der Waals surface area contributed by atoms with E-state index in [-0.39, 0.29) is 23.7 Å². The van der Waals surface area contributed by atoms with E-state index in [4.69, 9.17) is 0 Å². The van der Waals surface area contributed by atoms with Gasteiger partial charge in [0.2, 0.25) is 0 Å². The third kappa shape index (κ3) is 2.17. The molecule has 2 atom stereocenters. The highest BCUT2D eigenvalue weighted by Crippen LogP contribution is 2.48. The van der Waals surface area contributed by atoms with E-state index in [2.05, 4.69) is 4.74 Å².